The van der Waals surface area contributed by atoms with E-state index in [1.807, 2.05) is 48.5 Å². The number of para-hydroxylation sites is 1. The zero-order valence-electron chi connectivity index (χ0n) is 14.1. The van der Waals surface area contributed by atoms with Gasteiger partial charge in [0.25, 0.3) is 5.56 Å². The van der Waals surface area contributed by atoms with Gasteiger partial charge in [0.2, 0.25) is 5.95 Å². The second kappa shape index (κ2) is 8.21. The zero-order valence-corrected chi connectivity index (χ0v) is 14.1. The van der Waals surface area contributed by atoms with Crippen LogP contribution in [0.15, 0.2) is 64.5 Å². The van der Waals surface area contributed by atoms with Crippen LogP contribution in [0, 0.1) is 0 Å². The van der Waals surface area contributed by atoms with Gasteiger partial charge >= 0.3 is 0 Å². The summed E-state index contributed by atoms with van der Waals surface area (Å²) in [6, 6.07) is 17.0. The maximum absolute atomic E-state index is 12.8. The molecule has 0 radical (unpaired) electrons. The van der Waals surface area contributed by atoms with Crippen LogP contribution in [-0.4, -0.2) is 29.5 Å². The number of nitrogens with zero attached hydrogens (tertiary/aromatic N) is 3. The van der Waals surface area contributed by atoms with E-state index in [9.17, 15) is 4.79 Å². The summed E-state index contributed by atoms with van der Waals surface area (Å²) in [5, 5.41) is 4.82. The fraction of sp³-hybridized carbons (Fsp3) is 0.211. The maximum atomic E-state index is 12.8. The highest BCUT2D eigenvalue weighted by Gasteiger charge is 2.10. The van der Waals surface area contributed by atoms with Crippen molar-refractivity contribution in [1.82, 2.24) is 9.55 Å². The lowest BCUT2D eigenvalue weighted by Gasteiger charge is -2.12. The third-order valence-electron chi connectivity index (χ3n) is 3.77. The van der Waals surface area contributed by atoms with Crippen LogP contribution in [0.2, 0.25) is 0 Å². The van der Waals surface area contributed by atoms with Gasteiger partial charge in [-0.2, -0.15) is 5.10 Å². The van der Waals surface area contributed by atoms with Crippen molar-refractivity contribution in [2.75, 3.05) is 19.1 Å². The van der Waals surface area contributed by atoms with Gasteiger partial charge in [0, 0.05) is 20.3 Å². The average Bonchev–Trinajstić information content (AvgIpc) is 2.65. The minimum absolute atomic E-state index is 0.0842. The molecule has 128 valence electrons. The molecule has 1 heterocycles. The number of methoxy groups -OCH3 is 1. The molecule has 0 saturated carbocycles. The first-order valence-electron chi connectivity index (χ1n) is 8.12. The quantitative estimate of drug-likeness (QED) is 0.409. The van der Waals surface area contributed by atoms with E-state index in [1.54, 1.807) is 24.0 Å². The molecular weight excluding hydrogens is 316 g/mol. The number of benzene rings is 2. The first kappa shape index (κ1) is 16.9. The van der Waals surface area contributed by atoms with Crippen molar-refractivity contribution in [2.24, 2.45) is 5.10 Å². The van der Waals surface area contributed by atoms with E-state index in [0.29, 0.717) is 36.4 Å². The lowest BCUT2D eigenvalue weighted by atomic mass is 10.2. The summed E-state index contributed by atoms with van der Waals surface area (Å²) in [6.45, 7) is 1.08. The van der Waals surface area contributed by atoms with Crippen LogP contribution >= 0.6 is 0 Å². The molecular formula is C19H20N4O2. The molecule has 0 aliphatic carbocycles. The van der Waals surface area contributed by atoms with Crippen LogP contribution in [0.1, 0.15) is 12.0 Å². The summed E-state index contributed by atoms with van der Waals surface area (Å²) in [7, 11) is 1.64. The number of anilines is 1. The molecule has 6 heteroatoms. The first-order chi connectivity index (χ1) is 12.3. The van der Waals surface area contributed by atoms with Crippen molar-refractivity contribution < 1.29 is 4.74 Å². The van der Waals surface area contributed by atoms with Crippen LogP contribution in [0.25, 0.3) is 10.9 Å². The average molecular weight is 336 g/mol. The molecule has 0 aliphatic heterocycles. The Morgan fingerprint density at radius 2 is 1.92 bits per heavy atom. The monoisotopic (exact) mass is 336 g/mol. The number of rotatable bonds is 7. The molecule has 0 atom stereocenters. The second-order valence-electron chi connectivity index (χ2n) is 5.54. The Balaban J connectivity index is 1.92. The Kier molecular flexibility index (Phi) is 5.53. The number of ether oxygens (including phenoxy) is 1. The molecule has 3 aromatic rings. The number of fused-ring (bicyclic) bond motifs is 1. The molecule has 6 nitrogen and oxygen atoms in total. The number of nitrogens with one attached hydrogen (secondary N) is 1. The van der Waals surface area contributed by atoms with E-state index in [4.69, 9.17) is 4.74 Å². The van der Waals surface area contributed by atoms with Gasteiger partial charge in [0.05, 0.1) is 17.1 Å². The Morgan fingerprint density at radius 1 is 1.16 bits per heavy atom. The van der Waals surface area contributed by atoms with Crippen molar-refractivity contribution >= 4 is 23.1 Å². The van der Waals surface area contributed by atoms with Gasteiger partial charge in [-0.3, -0.25) is 9.36 Å². The maximum Gasteiger partial charge on any atom is 0.262 e. The fourth-order valence-corrected chi connectivity index (χ4v) is 2.53. The summed E-state index contributed by atoms with van der Waals surface area (Å²) < 4.78 is 6.68. The zero-order chi connectivity index (χ0) is 17.5. The summed E-state index contributed by atoms with van der Waals surface area (Å²) >= 11 is 0. The third kappa shape index (κ3) is 4.10. The summed E-state index contributed by atoms with van der Waals surface area (Å²) in [4.78, 5) is 17.3. The number of hydrogen-bond acceptors (Lipinski definition) is 5. The van der Waals surface area contributed by atoms with E-state index in [1.165, 1.54) is 0 Å². The van der Waals surface area contributed by atoms with Gasteiger partial charge in [-0.25, -0.2) is 10.4 Å². The smallest absolute Gasteiger partial charge is 0.262 e. The summed E-state index contributed by atoms with van der Waals surface area (Å²) in [5.41, 5.74) is 4.43. The Bertz CT molecular complexity index is 920. The van der Waals surface area contributed by atoms with Crippen LogP contribution < -0.4 is 11.0 Å². The lowest BCUT2D eigenvalue weighted by Crippen LogP contribution is -2.24. The predicted molar refractivity (Wildman–Crippen MR) is 100 cm³/mol. The minimum Gasteiger partial charge on any atom is -0.385 e. The van der Waals surface area contributed by atoms with E-state index >= 15 is 0 Å². The van der Waals surface area contributed by atoms with Gasteiger partial charge in [-0.1, -0.05) is 42.5 Å². The van der Waals surface area contributed by atoms with Crippen LogP contribution in [-0.2, 0) is 11.3 Å². The topological polar surface area (TPSA) is 68.5 Å². The van der Waals surface area contributed by atoms with E-state index in [2.05, 4.69) is 15.5 Å². The highest BCUT2D eigenvalue weighted by atomic mass is 16.5. The first-order valence-corrected chi connectivity index (χ1v) is 8.12. The van der Waals surface area contributed by atoms with Gasteiger partial charge in [0.15, 0.2) is 0 Å². The van der Waals surface area contributed by atoms with E-state index in [0.717, 1.165) is 5.56 Å². The van der Waals surface area contributed by atoms with Gasteiger partial charge in [0.1, 0.15) is 0 Å². The molecule has 3 rings (SSSR count). The van der Waals surface area contributed by atoms with Crippen molar-refractivity contribution in [1.29, 1.82) is 0 Å². The Hall–Kier alpha value is -2.99. The van der Waals surface area contributed by atoms with Crippen LogP contribution in [0.3, 0.4) is 0 Å². The van der Waals surface area contributed by atoms with Crippen molar-refractivity contribution in [2.45, 2.75) is 13.0 Å². The number of aromatic nitrogens is 2. The Labute approximate surface area is 145 Å². The molecule has 0 amide bonds. The van der Waals surface area contributed by atoms with E-state index in [-0.39, 0.29) is 5.56 Å². The van der Waals surface area contributed by atoms with Crippen molar-refractivity contribution in [3.05, 3.63) is 70.5 Å². The van der Waals surface area contributed by atoms with Crippen LogP contribution in [0.5, 0.6) is 0 Å². The molecule has 0 aliphatic rings. The van der Waals surface area contributed by atoms with Gasteiger partial charge < -0.3 is 4.74 Å². The molecule has 0 unspecified atom stereocenters. The van der Waals surface area contributed by atoms with Crippen LogP contribution in [0.4, 0.5) is 5.95 Å². The summed E-state index contributed by atoms with van der Waals surface area (Å²) in [5.74, 6) is 0.423. The molecule has 0 saturated heterocycles. The molecule has 1 N–H and O–H groups in total. The minimum atomic E-state index is -0.0842. The SMILES string of the molecule is COCCCn1c(N/N=C\c2ccccc2)nc2ccccc2c1=O. The van der Waals surface area contributed by atoms with Gasteiger partial charge in [-0.05, 0) is 24.1 Å². The molecule has 0 bridgehead atoms. The molecule has 25 heavy (non-hydrogen) atoms. The second-order valence-corrected chi connectivity index (χ2v) is 5.54. The normalized spacial score (nSPS) is 11.2. The Morgan fingerprint density at radius 3 is 2.72 bits per heavy atom. The highest BCUT2D eigenvalue weighted by Crippen LogP contribution is 2.11. The largest absolute Gasteiger partial charge is 0.385 e. The molecule has 0 fully saturated rings. The summed E-state index contributed by atoms with van der Waals surface area (Å²) in [6.07, 6.45) is 2.41. The molecule has 0 spiro atoms. The predicted octanol–water partition coefficient (Wildman–Crippen LogP) is 2.88. The fourth-order valence-electron chi connectivity index (χ4n) is 2.53. The lowest BCUT2D eigenvalue weighted by molar-refractivity contribution is 0.190. The molecule has 1 aromatic heterocycles. The third-order valence-corrected chi connectivity index (χ3v) is 3.77. The van der Waals surface area contributed by atoms with Crippen molar-refractivity contribution in [3.63, 3.8) is 0 Å². The van der Waals surface area contributed by atoms with E-state index < -0.39 is 0 Å². The number of hydrogen-bond donors (Lipinski definition) is 1. The number of hydrazone groups is 1. The molecule has 2 aromatic carbocycles. The highest BCUT2D eigenvalue weighted by molar-refractivity contribution is 5.80. The standard InChI is InChI=1S/C19H20N4O2/c1-25-13-7-12-23-18(24)16-10-5-6-11-17(16)21-19(23)22-20-14-15-8-3-2-4-9-15/h2-6,8-11,14H,7,12-13H2,1H3,(H,21,22)/b20-14-. The van der Waals surface area contributed by atoms with Gasteiger partial charge in [-0.15, -0.1) is 0 Å². The van der Waals surface area contributed by atoms with Crippen molar-refractivity contribution in [3.8, 4) is 0 Å².